The number of hydrogen-bond acceptors (Lipinski definition) is 7. The molecule has 2 N–H and O–H groups in total. The van der Waals surface area contributed by atoms with Crippen molar-refractivity contribution in [2.24, 2.45) is 5.92 Å². The summed E-state index contributed by atoms with van der Waals surface area (Å²) >= 11 is 0. The Hall–Kier alpha value is -4.21. The second-order valence-corrected chi connectivity index (χ2v) is 12.0. The molecule has 9 nitrogen and oxygen atoms in total. The Morgan fingerprint density at radius 1 is 0.886 bits per heavy atom. The van der Waals surface area contributed by atoms with Gasteiger partial charge in [-0.05, 0) is 98.6 Å². The first-order valence-electron chi connectivity index (χ1n) is 15.6. The molecule has 3 aromatic rings. The zero-order valence-electron chi connectivity index (χ0n) is 24.8. The van der Waals surface area contributed by atoms with Crippen molar-refractivity contribution in [2.45, 2.75) is 50.3 Å². The van der Waals surface area contributed by atoms with Crippen LogP contribution in [0.3, 0.4) is 0 Å². The molecule has 4 saturated heterocycles. The highest BCUT2D eigenvalue weighted by atomic mass is 16.6. The highest BCUT2D eigenvalue weighted by Gasteiger charge is 2.37. The largest absolute Gasteiger partial charge is 0.480 e. The van der Waals surface area contributed by atoms with Crippen LogP contribution in [0.1, 0.15) is 58.8 Å². The third kappa shape index (κ3) is 7.11. The van der Waals surface area contributed by atoms with Gasteiger partial charge in [-0.2, -0.15) is 0 Å². The number of esters is 1. The Morgan fingerprint density at radius 3 is 2.34 bits per heavy atom. The monoisotopic (exact) mass is 597 g/mol. The van der Waals surface area contributed by atoms with Crippen molar-refractivity contribution < 1.29 is 29.0 Å². The molecule has 4 aliphatic rings. The van der Waals surface area contributed by atoms with Gasteiger partial charge in [-0.15, -0.1) is 0 Å². The van der Waals surface area contributed by atoms with Gasteiger partial charge < -0.3 is 19.9 Å². The first-order valence-corrected chi connectivity index (χ1v) is 15.6. The van der Waals surface area contributed by atoms with Crippen molar-refractivity contribution in [3.63, 3.8) is 0 Å². The Balaban J connectivity index is 1.10. The van der Waals surface area contributed by atoms with Crippen molar-refractivity contribution in [1.82, 2.24) is 15.1 Å². The number of ether oxygens (including phenoxy) is 2. The molecule has 2 bridgehead atoms. The van der Waals surface area contributed by atoms with E-state index in [1.807, 2.05) is 53.4 Å². The maximum atomic E-state index is 13.2. The van der Waals surface area contributed by atoms with Gasteiger partial charge in [-0.25, -0.2) is 9.59 Å². The fourth-order valence-electron chi connectivity index (χ4n) is 6.72. The van der Waals surface area contributed by atoms with Gasteiger partial charge in [0.15, 0.2) is 0 Å². The van der Waals surface area contributed by atoms with E-state index < -0.39 is 30.1 Å². The highest BCUT2D eigenvalue weighted by Crippen LogP contribution is 2.30. The van der Waals surface area contributed by atoms with E-state index in [1.165, 1.54) is 0 Å². The van der Waals surface area contributed by atoms with E-state index in [2.05, 4.69) is 10.2 Å². The minimum absolute atomic E-state index is 0.108. The third-order valence-electron chi connectivity index (χ3n) is 9.18. The Kier molecular flexibility index (Phi) is 9.23. The molecule has 0 radical (unpaired) electrons. The molecule has 3 aromatic carbocycles. The van der Waals surface area contributed by atoms with Crippen molar-refractivity contribution in [1.29, 1.82) is 0 Å². The van der Waals surface area contributed by atoms with Crippen LogP contribution in [-0.4, -0.2) is 77.8 Å². The lowest BCUT2D eigenvalue weighted by atomic mass is 9.86. The van der Waals surface area contributed by atoms with E-state index in [-0.39, 0.29) is 6.10 Å². The van der Waals surface area contributed by atoms with E-state index >= 15 is 0 Å². The normalized spacial score (nSPS) is 23.5. The topological polar surface area (TPSA) is 108 Å². The number of nitrogens with one attached hydrogen (secondary N) is 1. The summed E-state index contributed by atoms with van der Waals surface area (Å²) in [7, 11) is 0. The van der Waals surface area contributed by atoms with Crippen molar-refractivity contribution >= 4 is 18.0 Å². The van der Waals surface area contributed by atoms with Gasteiger partial charge in [0.1, 0.15) is 17.9 Å². The fraction of sp³-hybridized carbons (Fsp3) is 0.400. The van der Waals surface area contributed by atoms with Crippen LogP contribution in [0.15, 0.2) is 78.9 Å². The maximum absolute atomic E-state index is 13.2. The molecular weight excluding hydrogens is 558 g/mol. The van der Waals surface area contributed by atoms with Crippen LogP contribution in [0, 0.1) is 5.92 Å². The number of piperidine rings is 3. The highest BCUT2D eigenvalue weighted by molar-refractivity contribution is 5.91. The second-order valence-electron chi connectivity index (χ2n) is 12.0. The zero-order chi connectivity index (χ0) is 30.5. The number of amides is 1. The number of hydrogen-bond donors (Lipinski definition) is 2. The predicted molar refractivity (Wildman–Crippen MR) is 165 cm³/mol. The summed E-state index contributed by atoms with van der Waals surface area (Å²) in [6, 6.07) is 23.2. The summed E-state index contributed by atoms with van der Waals surface area (Å²) in [4.78, 5) is 42.1. The van der Waals surface area contributed by atoms with Gasteiger partial charge >= 0.3 is 18.0 Å². The molecule has 9 heteroatoms. The van der Waals surface area contributed by atoms with Crippen LogP contribution in [-0.2, 0) is 16.0 Å². The quantitative estimate of drug-likeness (QED) is 0.251. The second kappa shape index (κ2) is 13.6. The van der Waals surface area contributed by atoms with E-state index in [0.717, 1.165) is 68.6 Å². The van der Waals surface area contributed by atoms with Gasteiger partial charge in [0.2, 0.25) is 0 Å². The molecule has 4 fully saturated rings. The molecule has 4 aliphatic heterocycles. The van der Waals surface area contributed by atoms with E-state index in [9.17, 15) is 19.5 Å². The number of nitrogens with zero attached hydrogens (tertiary/aromatic N) is 2. The molecular formula is C35H39N3O6. The number of benzene rings is 3. The molecule has 7 rings (SSSR count). The molecule has 0 spiro atoms. The van der Waals surface area contributed by atoms with E-state index in [4.69, 9.17) is 9.47 Å². The SMILES string of the molecule is O=C(NC(c1ccccc1)c1cccc(C(=O)Oc2ccc(CCN3CCCC3C(=O)O)cc2)c1)O[C@H]1CN2CCC1CC2. The van der Waals surface area contributed by atoms with E-state index in [1.54, 1.807) is 30.3 Å². The predicted octanol–water partition coefficient (Wildman–Crippen LogP) is 4.91. The number of rotatable bonds is 10. The third-order valence-corrected chi connectivity index (χ3v) is 9.18. The average Bonchev–Trinajstić information content (AvgIpc) is 3.54. The Labute approximate surface area is 257 Å². The molecule has 0 aromatic heterocycles. The zero-order valence-corrected chi connectivity index (χ0v) is 24.8. The van der Waals surface area contributed by atoms with Gasteiger partial charge in [0.05, 0.1) is 11.6 Å². The summed E-state index contributed by atoms with van der Waals surface area (Å²) in [6.07, 6.45) is 3.85. The van der Waals surface area contributed by atoms with Gasteiger partial charge in [0.25, 0.3) is 0 Å². The first kappa shape index (κ1) is 29.8. The van der Waals surface area contributed by atoms with Crippen LogP contribution >= 0.6 is 0 Å². The molecule has 230 valence electrons. The molecule has 44 heavy (non-hydrogen) atoms. The average molecular weight is 598 g/mol. The van der Waals surface area contributed by atoms with Crippen LogP contribution in [0.5, 0.6) is 5.75 Å². The number of carboxylic acid groups (broad SMARTS) is 1. The van der Waals surface area contributed by atoms with Crippen molar-refractivity contribution in [2.75, 3.05) is 32.7 Å². The van der Waals surface area contributed by atoms with Gasteiger partial charge in [-0.1, -0.05) is 54.6 Å². The van der Waals surface area contributed by atoms with E-state index in [0.29, 0.717) is 30.2 Å². The summed E-state index contributed by atoms with van der Waals surface area (Å²) in [6.45, 7) is 4.39. The smallest absolute Gasteiger partial charge is 0.408 e. The molecule has 0 saturated carbocycles. The van der Waals surface area contributed by atoms with Gasteiger partial charge in [-0.3, -0.25) is 14.6 Å². The number of aliphatic carboxylic acids is 1. The minimum atomic E-state index is -0.760. The lowest BCUT2D eigenvalue weighted by molar-refractivity contribution is -0.142. The fourth-order valence-corrected chi connectivity index (χ4v) is 6.72. The molecule has 4 heterocycles. The number of alkyl carbamates (subject to hydrolysis) is 1. The standard InChI is InChI=1S/C35H39N3O6/c39-33(40)30-10-5-18-38(30)21-15-24-11-13-29(14-12-24)43-34(41)28-9-4-8-27(22-28)32(26-6-2-1-3-7-26)36-35(42)44-31-23-37-19-16-25(31)17-20-37/h1-4,6-9,11-14,22,25,30-32H,5,10,15-21,23H2,(H,36,42)(H,39,40)/t30?,31-,32?/m0/s1. The molecule has 1 amide bonds. The van der Waals surface area contributed by atoms with Crippen LogP contribution in [0.2, 0.25) is 0 Å². The van der Waals surface area contributed by atoms with Crippen molar-refractivity contribution in [3.05, 3.63) is 101 Å². The number of fused-ring (bicyclic) bond motifs is 3. The summed E-state index contributed by atoms with van der Waals surface area (Å²) in [5.41, 5.74) is 3.04. The van der Waals surface area contributed by atoms with Gasteiger partial charge in [0, 0.05) is 13.1 Å². The molecule has 2 unspecified atom stereocenters. The number of carbonyl (C=O) groups is 3. The van der Waals surface area contributed by atoms with Crippen LogP contribution in [0.4, 0.5) is 4.79 Å². The summed E-state index contributed by atoms with van der Waals surface area (Å²) in [5, 5.41) is 12.5. The lowest BCUT2D eigenvalue weighted by Gasteiger charge is -2.43. The van der Waals surface area contributed by atoms with Crippen molar-refractivity contribution in [3.8, 4) is 5.75 Å². The van der Waals surface area contributed by atoms with Crippen LogP contribution in [0.25, 0.3) is 0 Å². The summed E-state index contributed by atoms with van der Waals surface area (Å²) in [5.74, 6) is -0.429. The Morgan fingerprint density at radius 2 is 1.64 bits per heavy atom. The molecule has 3 atom stereocenters. The summed E-state index contributed by atoms with van der Waals surface area (Å²) < 4.78 is 11.6. The minimum Gasteiger partial charge on any atom is -0.480 e. The first-order chi connectivity index (χ1) is 21.4. The molecule has 0 aliphatic carbocycles. The Bertz CT molecular complexity index is 1450. The maximum Gasteiger partial charge on any atom is 0.408 e. The number of carbonyl (C=O) groups excluding carboxylic acids is 2. The lowest BCUT2D eigenvalue weighted by Crippen LogP contribution is -2.52. The number of carboxylic acids is 1. The number of likely N-dealkylation sites (tertiary alicyclic amines) is 1. The van der Waals surface area contributed by atoms with Crippen LogP contribution < -0.4 is 10.1 Å².